The summed E-state index contributed by atoms with van der Waals surface area (Å²) >= 11 is 0. The van der Waals surface area contributed by atoms with E-state index < -0.39 is 11.9 Å². The Labute approximate surface area is 128 Å². The van der Waals surface area contributed by atoms with Gasteiger partial charge in [-0.15, -0.1) is 0 Å². The average molecular weight is 299 g/mol. The highest BCUT2D eigenvalue weighted by Crippen LogP contribution is 2.24. The number of rotatable bonds is 4. The van der Waals surface area contributed by atoms with Crippen molar-refractivity contribution in [2.45, 2.75) is 6.92 Å². The molecule has 2 rings (SSSR count). The largest absolute Gasteiger partial charge is 0.465 e. The summed E-state index contributed by atoms with van der Waals surface area (Å²) in [6.45, 7) is 1.99. The number of carbonyl (C=O) groups is 2. The van der Waals surface area contributed by atoms with Crippen LogP contribution in [0.1, 0.15) is 26.3 Å². The molecule has 2 aromatic rings. The second-order valence-corrected chi connectivity index (χ2v) is 4.73. The van der Waals surface area contributed by atoms with E-state index in [1.165, 1.54) is 26.4 Å². The first kappa shape index (κ1) is 15.6. The molecule has 0 bridgehead atoms. The molecule has 0 unspecified atom stereocenters. The SMILES string of the molecule is COC(=O)c1ccc(C(=O)OC)c(Nc2ccc(C)cc2)c1. The van der Waals surface area contributed by atoms with Gasteiger partial charge in [0.25, 0.3) is 0 Å². The number of carbonyl (C=O) groups excluding carboxylic acids is 2. The molecule has 0 heterocycles. The first-order valence-corrected chi connectivity index (χ1v) is 6.69. The minimum absolute atomic E-state index is 0.343. The molecule has 0 saturated carbocycles. The van der Waals surface area contributed by atoms with Gasteiger partial charge in [-0.25, -0.2) is 9.59 Å². The molecule has 0 fully saturated rings. The van der Waals surface area contributed by atoms with Crippen molar-refractivity contribution in [1.29, 1.82) is 0 Å². The number of hydrogen-bond acceptors (Lipinski definition) is 5. The smallest absolute Gasteiger partial charge is 0.339 e. The lowest BCUT2D eigenvalue weighted by Crippen LogP contribution is -2.08. The highest BCUT2D eigenvalue weighted by Gasteiger charge is 2.15. The maximum absolute atomic E-state index is 11.9. The van der Waals surface area contributed by atoms with Gasteiger partial charge in [-0.05, 0) is 37.3 Å². The van der Waals surface area contributed by atoms with E-state index in [2.05, 4.69) is 5.32 Å². The number of aryl methyl sites for hydroxylation is 1. The van der Waals surface area contributed by atoms with Crippen LogP contribution in [0.15, 0.2) is 42.5 Å². The van der Waals surface area contributed by atoms with Gasteiger partial charge in [-0.2, -0.15) is 0 Å². The highest BCUT2D eigenvalue weighted by molar-refractivity contribution is 5.99. The minimum atomic E-state index is -0.481. The van der Waals surface area contributed by atoms with E-state index >= 15 is 0 Å². The van der Waals surface area contributed by atoms with Crippen molar-refractivity contribution in [2.24, 2.45) is 0 Å². The summed E-state index contributed by atoms with van der Waals surface area (Å²) in [7, 11) is 2.62. The van der Waals surface area contributed by atoms with Crippen molar-refractivity contribution >= 4 is 23.3 Å². The molecule has 0 atom stereocenters. The van der Waals surface area contributed by atoms with Crippen LogP contribution in [-0.2, 0) is 9.47 Å². The lowest BCUT2D eigenvalue weighted by atomic mass is 10.1. The minimum Gasteiger partial charge on any atom is -0.465 e. The Kier molecular flexibility index (Phi) is 4.78. The van der Waals surface area contributed by atoms with Crippen molar-refractivity contribution in [1.82, 2.24) is 0 Å². The van der Waals surface area contributed by atoms with Crippen molar-refractivity contribution < 1.29 is 19.1 Å². The van der Waals surface area contributed by atoms with Gasteiger partial charge in [-0.3, -0.25) is 0 Å². The number of ether oxygens (including phenoxy) is 2. The normalized spacial score (nSPS) is 9.95. The van der Waals surface area contributed by atoms with Crippen molar-refractivity contribution in [3.63, 3.8) is 0 Å². The topological polar surface area (TPSA) is 64.6 Å². The zero-order chi connectivity index (χ0) is 16.1. The Bertz CT molecular complexity index is 692. The maximum Gasteiger partial charge on any atom is 0.339 e. The van der Waals surface area contributed by atoms with Gasteiger partial charge in [-0.1, -0.05) is 17.7 Å². The van der Waals surface area contributed by atoms with Gasteiger partial charge in [0, 0.05) is 5.69 Å². The van der Waals surface area contributed by atoms with Gasteiger partial charge in [0.1, 0.15) is 0 Å². The molecule has 114 valence electrons. The second-order valence-electron chi connectivity index (χ2n) is 4.73. The molecular weight excluding hydrogens is 282 g/mol. The third kappa shape index (κ3) is 3.44. The summed E-state index contributed by atoms with van der Waals surface area (Å²) < 4.78 is 9.47. The first-order valence-electron chi connectivity index (χ1n) is 6.69. The standard InChI is InChI=1S/C17H17NO4/c1-11-4-7-13(8-5-11)18-15-10-12(16(19)21-2)6-9-14(15)17(20)22-3/h4-10,18H,1-3H3. The van der Waals surface area contributed by atoms with Gasteiger partial charge in [0.2, 0.25) is 0 Å². The molecule has 2 aromatic carbocycles. The molecule has 0 amide bonds. The van der Waals surface area contributed by atoms with Crippen molar-refractivity contribution in [3.05, 3.63) is 59.2 Å². The number of benzene rings is 2. The molecule has 0 aliphatic rings. The van der Waals surface area contributed by atoms with Crippen LogP contribution in [-0.4, -0.2) is 26.2 Å². The Hall–Kier alpha value is -2.82. The molecule has 5 nitrogen and oxygen atoms in total. The van der Waals surface area contributed by atoms with Crippen LogP contribution < -0.4 is 5.32 Å². The lowest BCUT2D eigenvalue weighted by molar-refractivity contribution is 0.0587. The highest BCUT2D eigenvalue weighted by atomic mass is 16.5. The molecule has 0 aliphatic heterocycles. The van der Waals surface area contributed by atoms with Crippen LogP contribution in [0.3, 0.4) is 0 Å². The lowest BCUT2D eigenvalue weighted by Gasteiger charge is -2.12. The maximum atomic E-state index is 11.9. The van der Waals surface area contributed by atoms with E-state index in [9.17, 15) is 9.59 Å². The Morgan fingerprint density at radius 1 is 0.909 bits per heavy atom. The fraction of sp³-hybridized carbons (Fsp3) is 0.176. The van der Waals surface area contributed by atoms with Gasteiger partial charge in [0.15, 0.2) is 0 Å². The third-order valence-corrected chi connectivity index (χ3v) is 3.18. The second kappa shape index (κ2) is 6.76. The number of anilines is 2. The van der Waals surface area contributed by atoms with Crippen LogP contribution in [0.5, 0.6) is 0 Å². The fourth-order valence-electron chi connectivity index (χ4n) is 1.97. The summed E-state index contributed by atoms with van der Waals surface area (Å²) in [5.41, 5.74) is 3.11. The van der Waals surface area contributed by atoms with Crippen LogP contribution in [0.25, 0.3) is 0 Å². The number of methoxy groups -OCH3 is 2. The Morgan fingerprint density at radius 2 is 1.55 bits per heavy atom. The summed E-state index contributed by atoms with van der Waals surface area (Å²) in [6, 6.07) is 12.3. The van der Waals surface area contributed by atoms with E-state index in [1.807, 2.05) is 31.2 Å². The molecule has 1 N–H and O–H groups in total. The molecule has 0 radical (unpaired) electrons. The van der Waals surface area contributed by atoms with E-state index in [0.29, 0.717) is 16.8 Å². The zero-order valence-electron chi connectivity index (χ0n) is 12.7. The number of esters is 2. The molecule has 22 heavy (non-hydrogen) atoms. The van der Waals surface area contributed by atoms with Gasteiger partial charge in [0.05, 0.1) is 31.0 Å². The van der Waals surface area contributed by atoms with E-state index in [1.54, 1.807) is 6.07 Å². The molecule has 0 aromatic heterocycles. The Balaban J connectivity index is 2.42. The summed E-state index contributed by atoms with van der Waals surface area (Å²) in [6.07, 6.45) is 0. The van der Waals surface area contributed by atoms with E-state index in [0.717, 1.165) is 11.3 Å². The number of nitrogens with one attached hydrogen (secondary N) is 1. The molecular formula is C17H17NO4. The predicted molar refractivity (Wildman–Crippen MR) is 83.6 cm³/mol. The number of hydrogen-bond donors (Lipinski definition) is 1. The fourth-order valence-corrected chi connectivity index (χ4v) is 1.97. The summed E-state index contributed by atoms with van der Waals surface area (Å²) in [5.74, 6) is -0.950. The van der Waals surface area contributed by atoms with E-state index in [-0.39, 0.29) is 0 Å². The van der Waals surface area contributed by atoms with Gasteiger partial charge < -0.3 is 14.8 Å². The van der Waals surface area contributed by atoms with Crippen molar-refractivity contribution in [3.8, 4) is 0 Å². The molecule has 0 spiro atoms. The van der Waals surface area contributed by atoms with Crippen LogP contribution in [0.2, 0.25) is 0 Å². The molecule has 0 aliphatic carbocycles. The van der Waals surface area contributed by atoms with E-state index in [4.69, 9.17) is 9.47 Å². The molecule has 0 saturated heterocycles. The van der Waals surface area contributed by atoms with Crippen LogP contribution >= 0.6 is 0 Å². The quantitative estimate of drug-likeness (QED) is 0.877. The predicted octanol–water partition coefficient (Wildman–Crippen LogP) is 3.31. The van der Waals surface area contributed by atoms with Crippen molar-refractivity contribution in [2.75, 3.05) is 19.5 Å². The zero-order valence-corrected chi connectivity index (χ0v) is 12.7. The third-order valence-electron chi connectivity index (χ3n) is 3.18. The van der Waals surface area contributed by atoms with Crippen LogP contribution in [0.4, 0.5) is 11.4 Å². The monoisotopic (exact) mass is 299 g/mol. The summed E-state index contributed by atoms with van der Waals surface area (Å²) in [5, 5.41) is 3.13. The molecule has 5 heteroatoms. The first-order chi connectivity index (χ1) is 10.5. The Morgan fingerprint density at radius 3 is 2.14 bits per heavy atom. The average Bonchev–Trinajstić information content (AvgIpc) is 2.55. The van der Waals surface area contributed by atoms with Crippen LogP contribution in [0, 0.1) is 6.92 Å². The van der Waals surface area contributed by atoms with Gasteiger partial charge >= 0.3 is 11.9 Å². The summed E-state index contributed by atoms with van der Waals surface area (Å²) in [4.78, 5) is 23.5.